The summed E-state index contributed by atoms with van der Waals surface area (Å²) in [6.07, 6.45) is 5.73. The molecule has 0 aromatic carbocycles. The number of likely N-dealkylation sites (N-methyl/N-ethyl adjacent to an activating group) is 1. The van der Waals surface area contributed by atoms with Gasteiger partial charge in [0.25, 0.3) is 0 Å². The van der Waals surface area contributed by atoms with Crippen molar-refractivity contribution in [2.24, 2.45) is 5.92 Å². The van der Waals surface area contributed by atoms with Crippen molar-refractivity contribution in [3.63, 3.8) is 0 Å². The van der Waals surface area contributed by atoms with Gasteiger partial charge < -0.3 is 20.0 Å². The van der Waals surface area contributed by atoms with Gasteiger partial charge in [-0.2, -0.15) is 0 Å². The van der Waals surface area contributed by atoms with Crippen molar-refractivity contribution in [1.29, 1.82) is 0 Å². The van der Waals surface area contributed by atoms with Crippen molar-refractivity contribution in [2.75, 3.05) is 46.8 Å². The molecule has 1 N–H and O–H groups in total. The Morgan fingerprint density at radius 3 is 2.41 bits per heavy atom. The molecule has 6 nitrogen and oxygen atoms in total. The van der Waals surface area contributed by atoms with E-state index in [1.165, 1.54) is 0 Å². The minimum atomic E-state index is 0.0275. The molecule has 0 atom stereocenters. The van der Waals surface area contributed by atoms with Crippen LogP contribution in [0.15, 0.2) is 24.5 Å². The zero-order chi connectivity index (χ0) is 19.9. The minimum absolute atomic E-state index is 0.0275. The molecule has 0 saturated carbocycles. The summed E-state index contributed by atoms with van der Waals surface area (Å²) in [6, 6.07) is 3.98. The van der Waals surface area contributed by atoms with Crippen LogP contribution in [-0.4, -0.2) is 78.1 Å². The van der Waals surface area contributed by atoms with Crippen LogP contribution in [-0.2, 0) is 6.54 Å². The fourth-order valence-electron chi connectivity index (χ4n) is 3.79. The van der Waals surface area contributed by atoms with Crippen LogP contribution in [0.1, 0.15) is 39.2 Å². The monoisotopic (exact) mass is 375 g/mol. The predicted molar refractivity (Wildman–Crippen MR) is 111 cm³/mol. The molecule has 152 valence electrons. The molecule has 0 bridgehead atoms. The molecule has 0 spiro atoms. The van der Waals surface area contributed by atoms with Crippen LogP contribution in [0.2, 0.25) is 0 Å². The Bertz CT molecular complexity index is 567. The second-order valence-corrected chi connectivity index (χ2v) is 8.34. The van der Waals surface area contributed by atoms with E-state index in [0.29, 0.717) is 19.0 Å². The Balaban J connectivity index is 2.00. The lowest BCUT2D eigenvalue weighted by Crippen LogP contribution is -2.59. The highest BCUT2D eigenvalue weighted by atomic mass is 16.2. The van der Waals surface area contributed by atoms with Crippen molar-refractivity contribution < 1.29 is 4.79 Å². The summed E-state index contributed by atoms with van der Waals surface area (Å²) in [7, 11) is 4.27. The van der Waals surface area contributed by atoms with Gasteiger partial charge in [0.1, 0.15) is 0 Å². The highest BCUT2D eigenvalue weighted by Crippen LogP contribution is 2.26. The van der Waals surface area contributed by atoms with Crippen molar-refractivity contribution >= 4 is 6.03 Å². The van der Waals surface area contributed by atoms with Gasteiger partial charge in [0.05, 0.1) is 0 Å². The number of urea groups is 1. The quantitative estimate of drug-likeness (QED) is 0.759. The highest BCUT2D eigenvalue weighted by Gasteiger charge is 2.36. The number of carbonyl (C=O) groups excluding carboxylic acids is 1. The zero-order valence-electron chi connectivity index (χ0n) is 17.7. The summed E-state index contributed by atoms with van der Waals surface area (Å²) in [5, 5.41) is 3.24. The number of pyridine rings is 1. The van der Waals surface area contributed by atoms with Gasteiger partial charge in [-0.1, -0.05) is 20.8 Å². The van der Waals surface area contributed by atoms with Crippen LogP contribution in [0.4, 0.5) is 4.79 Å². The number of aromatic nitrogens is 1. The number of hydrogen-bond acceptors (Lipinski definition) is 4. The number of carbonyl (C=O) groups is 1. The van der Waals surface area contributed by atoms with E-state index in [2.05, 4.69) is 55.0 Å². The molecule has 27 heavy (non-hydrogen) atoms. The summed E-state index contributed by atoms with van der Waals surface area (Å²) < 4.78 is 0. The van der Waals surface area contributed by atoms with Gasteiger partial charge in [0.2, 0.25) is 0 Å². The van der Waals surface area contributed by atoms with Crippen molar-refractivity contribution in [1.82, 2.24) is 25.0 Å². The van der Waals surface area contributed by atoms with Crippen molar-refractivity contribution in [2.45, 2.75) is 45.7 Å². The molecule has 0 unspecified atom stereocenters. The number of piperidine rings is 1. The topological polar surface area (TPSA) is 51.7 Å². The lowest BCUT2D eigenvalue weighted by Gasteiger charge is -2.46. The molecule has 2 rings (SSSR count). The molecule has 1 aromatic heterocycles. The number of likely N-dealkylation sites (tertiary alicyclic amines) is 1. The van der Waals surface area contributed by atoms with Crippen molar-refractivity contribution in [3.05, 3.63) is 30.1 Å². The first-order valence-corrected chi connectivity index (χ1v) is 10.2. The summed E-state index contributed by atoms with van der Waals surface area (Å²) in [5.41, 5.74) is 1.15. The number of nitrogens with one attached hydrogen (secondary N) is 1. The summed E-state index contributed by atoms with van der Waals surface area (Å²) in [4.78, 5) is 23.8. The fraction of sp³-hybridized carbons (Fsp3) is 0.714. The third-order valence-corrected chi connectivity index (χ3v) is 5.75. The largest absolute Gasteiger partial charge is 0.336 e. The first-order valence-electron chi connectivity index (χ1n) is 10.2. The van der Waals surface area contributed by atoms with E-state index in [1.54, 1.807) is 12.4 Å². The number of amides is 2. The van der Waals surface area contributed by atoms with Gasteiger partial charge in [0.15, 0.2) is 0 Å². The Morgan fingerprint density at radius 1 is 1.26 bits per heavy atom. The average molecular weight is 376 g/mol. The van der Waals surface area contributed by atoms with Crippen molar-refractivity contribution in [3.8, 4) is 0 Å². The zero-order valence-corrected chi connectivity index (χ0v) is 17.7. The van der Waals surface area contributed by atoms with Gasteiger partial charge in [-0.25, -0.2) is 4.79 Å². The van der Waals surface area contributed by atoms with Gasteiger partial charge in [-0.05, 0) is 70.2 Å². The lowest BCUT2D eigenvalue weighted by atomic mass is 9.86. The van der Waals surface area contributed by atoms with E-state index in [0.717, 1.165) is 44.6 Å². The van der Waals surface area contributed by atoms with E-state index < -0.39 is 0 Å². The Labute approximate surface area is 164 Å². The minimum Gasteiger partial charge on any atom is -0.336 e. The standard InChI is InChI=1S/C21H37N5O/c1-6-25-13-9-21(10-14-25,24(4)5)17-23-20(27)26(15-18(2)3)16-19-7-11-22-12-8-19/h7-8,11-12,18H,6,9-10,13-17H2,1-5H3,(H,23,27). The number of nitrogens with zero attached hydrogens (tertiary/aromatic N) is 4. The molecular weight excluding hydrogens is 338 g/mol. The van der Waals surface area contributed by atoms with Crippen LogP contribution in [0.5, 0.6) is 0 Å². The first-order chi connectivity index (χ1) is 12.9. The molecule has 2 amide bonds. The predicted octanol–water partition coefficient (Wildman–Crippen LogP) is 2.67. The van der Waals surface area contributed by atoms with Gasteiger partial charge in [0, 0.05) is 37.6 Å². The molecule has 0 aliphatic carbocycles. The van der Waals surface area contributed by atoms with Crippen LogP contribution in [0.3, 0.4) is 0 Å². The molecule has 1 fully saturated rings. The van der Waals surface area contributed by atoms with E-state index in [9.17, 15) is 4.79 Å². The Kier molecular flexibility index (Phi) is 8.05. The SMILES string of the molecule is CCN1CCC(CNC(=O)N(Cc2ccncc2)CC(C)C)(N(C)C)CC1. The molecular formula is C21H37N5O. The number of rotatable bonds is 8. The molecule has 1 saturated heterocycles. The maximum Gasteiger partial charge on any atom is 0.317 e. The third kappa shape index (κ3) is 6.18. The lowest BCUT2D eigenvalue weighted by molar-refractivity contribution is 0.0583. The smallest absolute Gasteiger partial charge is 0.317 e. The molecule has 2 heterocycles. The highest BCUT2D eigenvalue weighted by molar-refractivity contribution is 5.74. The van der Waals surface area contributed by atoms with Crippen LogP contribution in [0, 0.1) is 5.92 Å². The summed E-state index contributed by atoms with van der Waals surface area (Å²) >= 11 is 0. The van der Waals surface area contributed by atoms with Gasteiger partial charge in [-0.3, -0.25) is 4.98 Å². The third-order valence-electron chi connectivity index (χ3n) is 5.75. The maximum atomic E-state index is 13.0. The van der Waals surface area contributed by atoms with E-state index in [1.807, 2.05) is 17.0 Å². The molecule has 1 aromatic rings. The van der Waals surface area contributed by atoms with Gasteiger partial charge >= 0.3 is 6.03 Å². The molecule has 1 aliphatic rings. The van der Waals surface area contributed by atoms with Crippen LogP contribution in [0.25, 0.3) is 0 Å². The van der Waals surface area contributed by atoms with Gasteiger partial charge in [-0.15, -0.1) is 0 Å². The average Bonchev–Trinajstić information content (AvgIpc) is 2.66. The van der Waals surface area contributed by atoms with E-state index >= 15 is 0 Å². The van der Waals surface area contributed by atoms with E-state index in [4.69, 9.17) is 0 Å². The normalized spacial score (nSPS) is 17.3. The van der Waals surface area contributed by atoms with Crippen LogP contribution < -0.4 is 5.32 Å². The van der Waals surface area contributed by atoms with E-state index in [-0.39, 0.29) is 11.6 Å². The first kappa shape index (κ1) is 21.6. The summed E-state index contributed by atoms with van der Waals surface area (Å²) in [5.74, 6) is 0.424. The second kappa shape index (κ2) is 10.0. The Morgan fingerprint density at radius 2 is 1.89 bits per heavy atom. The summed E-state index contributed by atoms with van der Waals surface area (Å²) in [6.45, 7) is 11.9. The second-order valence-electron chi connectivity index (χ2n) is 8.34. The fourth-order valence-corrected chi connectivity index (χ4v) is 3.79. The maximum absolute atomic E-state index is 13.0. The molecule has 6 heteroatoms. The van der Waals surface area contributed by atoms with Crippen LogP contribution >= 0.6 is 0 Å². The molecule has 0 radical (unpaired) electrons. The Hall–Kier alpha value is -1.66. The number of hydrogen-bond donors (Lipinski definition) is 1. The molecule has 1 aliphatic heterocycles.